The maximum Gasteiger partial charge on any atom is 0.242 e. The van der Waals surface area contributed by atoms with Crippen LogP contribution in [-0.4, -0.2) is 53.7 Å². The highest BCUT2D eigenvalue weighted by Crippen LogP contribution is 2.19. The Kier molecular flexibility index (Phi) is 6.24. The molecule has 0 aromatic carbocycles. The van der Waals surface area contributed by atoms with E-state index in [1.54, 1.807) is 10.9 Å². The summed E-state index contributed by atoms with van der Waals surface area (Å²) in [6, 6.07) is 0.207. The van der Waals surface area contributed by atoms with Gasteiger partial charge in [-0.05, 0) is 37.2 Å². The summed E-state index contributed by atoms with van der Waals surface area (Å²) in [6.07, 6.45) is 3.61. The summed E-state index contributed by atoms with van der Waals surface area (Å²) in [4.78, 5) is 19.0. The summed E-state index contributed by atoms with van der Waals surface area (Å²) in [6.45, 7) is 8.98. The van der Waals surface area contributed by atoms with E-state index in [2.05, 4.69) is 58.4 Å². The lowest BCUT2D eigenvalue weighted by molar-refractivity contribution is -0.123. The number of imidazole rings is 1. The third-order valence-electron chi connectivity index (χ3n) is 4.29. The Morgan fingerprint density at radius 1 is 1.32 bits per heavy atom. The van der Waals surface area contributed by atoms with Crippen LogP contribution in [0.3, 0.4) is 0 Å². The minimum Gasteiger partial charge on any atom is -0.344 e. The number of amides is 1. The summed E-state index contributed by atoms with van der Waals surface area (Å²) >= 11 is 0. The predicted molar refractivity (Wildman–Crippen MR) is 93.3 cm³/mol. The molecule has 9 nitrogen and oxygen atoms in total. The van der Waals surface area contributed by atoms with Gasteiger partial charge < -0.3 is 9.88 Å². The number of nitrogens with one attached hydrogen (secondary N) is 1. The number of nitrogens with zero attached hydrogens (tertiary/aromatic N) is 7. The molecule has 138 valence electrons. The van der Waals surface area contributed by atoms with Crippen molar-refractivity contribution < 1.29 is 4.79 Å². The molecule has 0 aliphatic rings. The van der Waals surface area contributed by atoms with E-state index < -0.39 is 0 Å². The smallest absolute Gasteiger partial charge is 0.242 e. The lowest BCUT2D eigenvalue weighted by Crippen LogP contribution is -2.36. The van der Waals surface area contributed by atoms with Crippen LogP contribution >= 0.6 is 0 Å². The summed E-state index contributed by atoms with van der Waals surface area (Å²) in [7, 11) is 3.92. The molecule has 0 aliphatic carbocycles. The van der Waals surface area contributed by atoms with Gasteiger partial charge in [0.05, 0.1) is 12.6 Å². The van der Waals surface area contributed by atoms with Gasteiger partial charge in [0.25, 0.3) is 0 Å². The fourth-order valence-electron chi connectivity index (χ4n) is 2.43. The highest BCUT2D eigenvalue weighted by Gasteiger charge is 2.23. The molecule has 0 fully saturated rings. The van der Waals surface area contributed by atoms with Gasteiger partial charge in [-0.3, -0.25) is 9.69 Å². The van der Waals surface area contributed by atoms with Gasteiger partial charge in [-0.25, -0.2) is 9.67 Å². The predicted octanol–water partition coefficient (Wildman–Crippen LogP) is 0.760. The average Bonchev–Trinajstić information content (AvgIpc) is 3.14. The zero-order valence-corrected chi connectivity index (χ0v) is 15.8. The zero-order valence-electron chi connectivity index (χ0n) is 15.8. The molecule has 2 aromatic heterocycles. The van der Waals surface area contributed by atoms with Crippen LogP contribution in [0.2, 0.25) is 0 Å². The Balaban J connectivity index is 2.05. The van der Waals surface area contributed by atoms with Gasteiger partial charge >= 0.3 is 0 Å². The van der Waals surface area contributed by atoms with Gasteiger partial charge in [0.15, 0.2) is 5.82 Å². The van der Waals surface area contributed by atoms with Gasteiger partial charge in [-0.1, -0.05) is 13.8 Å². The number of aromatic nitrogens is 6. The van der Waals surface area contributed by atoms with Crippen molar-refractivity contribution in [1.82, 2.24) is 40.0 Å². The molecule has 0 aliphatic heterocycles. The van der Waals surface area contributed by atoms with Crippen LogP contribution in [0.4, 0.5) is 0 Å². The minimum absolute atomic E-state index is 0.0852. The first-order valence-electron chi connectivity index (χ1n) is 8.51. The summed E-state index contributed by atoms with van der Waals surface area (Å²) in [5, 5.41) is 14.7. The highest BCUT2D eigenvalue weighted by atomic mass is 16.2. The third kappa shape index (κ3) is 4.85. The number of carbonyl (C=O) groups is 1. The van der Waals surface area contributed by atoms with Crippen molar-refractivity contribution in [3.63, 3.8) is 0 Å². The van der Waals surface area contributed by atoms with Crippen molar-refractivity contribution in [2.75, 3.05) is 7.05 Å². The van der Waals surface area contributed by atoms with Crippen molar-refractivity contribution in [3.8, 4) is 0 Å². The molecule has 0 saturated carbocycles. The molecule has 9 heteroatoms. The maximum atomic E-state index is 12.5. The number of carbonyl (C=O) groups excluding carboxylic acids is 1. The van der Waals surface area contributed by atoms with Crippen LogP contribution in [0.15, 0.2) is 12.4 Å². The second-order valence-corrected chi connectivity index (χ2v) is 6.95. The van der Waals surface area contributed by atoms with Crippen LogP contribution in [-0.2, 0) is 24.9 Å². The van der Waals surface area contributed by atoms with E-state index in [1.165, 1.54) is 0 Å². The van der Waals surface area contributed by atoms with Gasteiger partial charge in [-0.2, -0.15) is 0 Å². The number of aryl methyl sites for hydroxylation is 1. The fourth-order valence-corrected chi connectivity index (χ4v) is 2.43. The summed E-state index contributed by atoms with van der Waals surface area (Å²) in [5.74, 6) is 1.58. The molecular weight excluding hydrogens is 320 g/mol. The van der Waals surface area contributed by atoms with E-state index in [0.29, 0.717) is 18.4 Å². The first kappa shape index (κ1) is 19.0. The summed E-state index contributed by atoms with van der Waals surface area (Å²) in [5.41, 5.74) is 0. The molecule has 0 spiro atoms. The Labute approximate surface area is 148 Å². The molecule has 1 atom stereocenters. The Morgan fingerprint density at radius 2 is 2.04 bits per heavy atom. The van der Waals surface area contributed by atoms with Crippen molar-refractivity contribution in [2.45, 2.75) is 52.9 Å². The molecule has 0 unspecified atom stereocenters. The SMILES string of the molecule is CC(C)[C@H](NC(=O)Cn1nnnc1CN(C)C(C)C)c1nccn1C. The van der Waals surface area contributed by atoms with Gasteiger partial charge in [0.1, 0.15) is 12.4 Å². The molecule has 1 N–H and O–H groups in total. The third-order valence-corrected chi connectivity index (χ3v) is 4.29. The van der Waals surface area contributed by atoms with Crippen molar-refractivity contribution in [1.29, 1.82) is 0 Å². The highest BCUT2D eigenvalue weighted by molar-refractivity contribution is 5.76. The van der Waals surface area contributed by atoms with Crippen LogP contribution in [0.1, 0.15) is 45.4 Å². The minimum atomic E-state index is -0.161. The molecule has 1 amide bonds. The van der Waals surface area contributed by atoms with Gasteiger partial charge in [-0.15, -0.1) is 5.10 Å². The second kappa shape index (κ2) is 8.19. The van der Waals surface area contributed by atoms with Crippen molar-refractivity contribution >= 4 is 5.91 Å². The molecule has 2 aromatic rings. The van der Waals surface area contributed by atoms with E-state index in [4.69, 9.17) is 0 Å². The Hall–Kier alpha value is -2.29. The van der Waals surface area contributed by atoms with E-state index >= 15 is 0 Å². The van der Waals surface area contributed by atoms with Crippen LogP contribution in [0, 0.1) is 5.92 Å². The first-order chi connectivity index (χ1) is 11.8. The number of hydrogen-bond acceptors (Lipinski definition) is 6. The molecule has 2 rings (SSSR count). The van der Waals surface area contributed by atoms with Crippen LogP contribution < -0.4 is 5.32 Å². The number of tetrazole rings is 1. The quantitative estimate of drug-likeness (QED) is 0.757. The standard InChI is InChI=1S/C16H28N8O/c1-11(2)15(16-17-7-8-22(16)5)18-14(25)10-24-13(19-20-21-24)9-23(6)12(3)4/h7-8,11-12,15H,9-10H2,1-6H3,(H,18,25)/t15-/m0/s1. The molecule has 0 saturated heterocycles. The normalized spacial score (nSPS) is 13.0. The van der Waals surface area contributed by atoms with Gasteiger partial charge in [0.2, 0.25) is 5.91 Å². The second-order valence-electron chi connectivity index (χ2n) is 6.95. The maximum absolute atomic E-state index is 12.5. The largest absolute Gasteiger partial charge is 0.344 e. The first-order valence-corrected chi connectivity index (χ1v) is 8.51. The van der Waals surface area contributed by atoms with Crippen LogP contribution in [0.5, 0.6) is 0 Å². The van der Waals surface area contributed by atoms with Crippen molar-refractivity contribution in [3.05, 3.63) is 24.0 Å². The Morgan fingerprint density at radius 3 is 2.60 bits per heavy atom. The molecule has 0 bridgehead atoms. The lowest BCUT2D eigenvalue weighted by atomic mass is 10.0. The summed E-state index contributed by atoms with van der Waals surface area (Å²) < 4.78 is 3.47. The van der Waals surface area contributed by atoms with E-state index in [0.717, 1.165) is 5.82 Å². The van der Waals surface area contributed by atoms with Gasteiger partial charge in [0, 0.05) is 25.5 Å². The Bertz CT molecular complexity index is 690. The van der Waals surface area contributed by atoms with Crippen molar-refractivity contribution in [2.24, 2.45) is 13.0 Å². The van der Waals surface area contributed by atoms with E-state index in [9.17, 15) is 4.79 Å². The fraction of sp³-hybridized carbons (Fsp3) is 0.688. The zero-order chi connectivity index (χ0) is 18.6. The number of hydrogen-bond donors (Lipinski definition) is 1. The molecule has 25 heavy (non-hydrogen) atoms. The monoisotopic (exact) mass is 348 g/mol. The topological polar surface area (TPSA) is 93.8 Å². The lowest BCUT2D eigenvalue weighted by Gasteiger charge is -2.22. The van der Waals surface area contributed by atoms with E-state index in [-0.39, 0.29) is 24.4 Å². The molecular formula is C16H28N8O. The molecule has 2 heterocycles. The molecule has 0 radical (unpaired) electrons. The average molecular weight is 348 g/mol. The van der Waals surface area contributed by atoms with Crippen LogP contribution in [0.25, 0.3) is 0 Å². The van der Waals surface area contributed by atoms with E-state index in [1.807, 2.05) is 24.9 Å². The number of rotatable bonds is 8.